The van der Waals surface area contributed by atoms with E-state index in [-0.39, 0.29) is 5.56 Å². The number of halogens is 1. The van der Waals surface area contributed by atoms with E-state index in [1.807, 2.05) is 24.4 Å². The van der Waals surface area contributed by atoms with Gasteiger partial charge in [0.25, 0.3) is 0 Å². The van der Waals surface area contributed by atoms with Crippen molar-refractivity contribution in [3.63, 3.8) is 0 Å². The van der Waals surface area contributed by atoms with Crippen molar-refractivity contribution in [1.82, 2.24) is 4.90 Å². The molecule has 0 radical (unpaired) electrons. The van der Waals surface area contributed by atoms with Gasteiger partial charge in [0.2, 0.25) is 0 Å². The summed E-state index contributed by atoms with van der Waals surface area (Å²) in [5.41, 5.74) is 0.673. The largest absolute Gasteiger partial charge is 0.478 e. The van der Waals surface area contributed by atoms with E-state index < -0.39 is 11.8 Å². The number of hydrogen-bond acceptors (Lipinski definition) is 3. The minimum absolute atomic E-state index is 0.163. The van der Waals surface area contributed by atoms with Crippen molar-refractivity contribution in [2.24, 2.45) is 0 Å². The molecule has 1 N–H and O–H groups in total. The zero-order chi connectivity index (χ0) is 14.5. The predicted molar refractivity (Wildman–Crippen MR) is 77.5 cm³/mol. The van der Waals surface area contributed by atoms with Crippen molar-refractivity contribution in [3.05, 3.63) is 57.5 Å². The van der Waals surface area contributed by atoms with Gasteiger partial charge in [-0.25, -0.2) is 9.18 Å². The van der Waals surface area contributed by atoms with Crippen LogP contribution in [0.15, 0.2) is 35.7 Å². The molecule has 0 bridgehead atoms. The molecular formula is C15H16FNO2S. The van der Waals surface area contributed by atoms with Crippen molar-refractivity contribution >= 4 is 17.3 Å². The topological polar surface area (TPSA) is 40.5 Å². The Bertz CT molecular complexity index is 584. The molecule has 0 saturated heterocycles. The Kier molecular flexibility index (Phi) is 4.87. The standard InChI is InChI=1S/C15H16FNO2S/c1-2-17(10-13-4-3-7-20-13)9-11-8-12(16)5-6-14(11)15(18)19/h3-8H,2,9-10H2,1H3,(H,18,19). The highest BCUT2D eigenvalue weighted by Crippen LogP contribution is 2.17. The summed E-state index contributed by atoms with van der Waals surface area (Å²) in [5, 5.41) is 11.2. The number of carbonyl (C=O) groups is 1. The van der Waals surface area contributed by atoms with Crippen LogP contribution in [0.5, 0.6) is 0 Å². The molecule has 0 aliphatic heterocycles. The average Bonchev–Trinajstić information content (AvgIpc) is 2.90. The van der Waals surface area contributed by atoms with Crippen LogP contribution in [-0.4, -0.2) is 22.5 Å². The van der Waals surface area contributed by atoms with Gasteiger partial charge in [-0.2, -0.15) is 0 Å². The predicted octanol–water partition coefficient (Wildman–Crippen LogP) is 3.61. The number of carboxylic acids is 1. The Balaban J connectivity index is 2.18. The van der Waals surface area contributed by atoms with E-state index in [0.29, 0.717) is 12.1 Å². The molecule has 0 fully saturated rings. The fourth-order valence-corrected chi connectivity index (χ4v) is 2.79. The molecular weight excluding hydrogens is 277 g/mol. The number of carboxylic acid groups (broad SMARTS) is 1. The molecule has 2 rings (SSSR count). The monoisotopic (exact) mass is 293 g/mol. The SMILES string of the molecule is CCN(Cc1cccs1)Cc1cc(F)ccc1C(=O)O. The van der Waals surface area contributed by atoms with Crippen LogP contribution in [0.25, 0.3) is 0 Å². The van der Waals surface area contributed by atoms with E-state index in [2.05, 4.69) is 4.90 Å². The first-order valence-electron chi connectivity index (χ1n) is 6.36. The number of nitrogens with zero attached hydrogens (tertiary/aromatic N) is 1. The third kappa shape index (κ3) is 3.65. The minimum atomic E-state index is -1.02. The molecule has 0 aliphatic carbocycles. The van der Waals surface area contributed by atoms with Crippen molar-refractivity contribution in [2.45, 2.75) is 20.0 Å². The summed E-state index contributed by atoms with van der Waals surface area (Å²) in [6, 6.07) is 7.84. The summed E-state index contributed by atoms with van der Waals surface area (Å²) in [5.74, 6) is -1.43. The van der Waals surface area contributed by atoms with Crippen LogP contribution >= 0.6 is 11.3 Å². The molecule has 2 aromatic rings. The first-order valence-corrected chi connectivity index (χ1v) is 7.24. The number of rotatable bonds is 6. The molecule has 1 aromatic heterocycles. The van der Waals surface area contributed by atoms with Crippen LogP contribution in [0.1, 0.15) is 27.7 Å². The number of thiophene rings is 1. The Labute approximate surface area is 121 Å². The average molecular weight is 293 g/mol. The Morgan fingerprint density at radius 1 is 1.35 bits per heavy atom. The summed E-state index contributed by atoms with van der Waals surface area (Å²) >= 11 is 1.66. The van der Waals surface area contributed by atoms with Gasteiger partial charge < -0.3 is 5.11 Å². The summed E-state index contributed by atoms with van der Waals surface area (Å²) in [6.45, 7) is 3.94. The zero-order valence-corrected chi connectivity index (χ0v) is 12.0. The third-order valence-corrected chi connectivity index (χ3v) is 3.96. The lowest BCUT2D eigenvalue weighted by atomic mass is 10.1. The summed E-state index contributed by atoms with van der Waals surface area (Å²) in [4.78, 5) is 14.5. The number of aromatic carboxylic acids is 1. The second-order valence-corrected chi connectivity index (χ2v) is 5.52. The highest BCUT2D eigenvalue weighted by atomic mass is 32.1. The Morgan fingerprint density at radius 2 is 2.15 bits per heavy atom. The molecule has 5 heteroatoms. The molecule has 20 heavy (non-hydrogen) atoms. The van der Waals surface area contributed by atoms with E-state index in [1.165, 1.54) is 23.1 Å². The van der Waals surface area contributed by atoms with E-state index in [1.54, 1.807) is 11.3 Å². The van der Waals surface area contributed by atoms with Crippen molar-refractivity contribution in [2.75, 3.05) is 6.54 Å². The Morgan fingerprint density at radius 3 is 2.75 bits per heavy atom. The van der Waals surface area contributed by atoms with Crippen LogP contribution in [0.2, 0.25) is 0 Å². The lowest BCUT2D eigenvalue weighted by Crippen LogP contribution is -2.23. The van der Waals surface area contributed by atoms with Crippen molar-refractivity contribution in [3.8, 4) is 0 Å². The third-order valence-electron chi connectivity index (χ3n) is 3.10. The van der Waals surface area contributed by atoms with Gasteiger partial charge >= 0.3 is 5.97 Å². The molecule has 0 amide bonds. The van der Waals surface area contributed by atoms with Gasteiger partial charge in [0, 0.05) is 18.0 Å². The molecule has 0 spiro atoms. The van der Waals surface area contributed by atoms with Gasteiger partial charge in [0.1, 0.15) is 5.82 Å². The first kappa shape index (κ1) is 14.7. The summed E-state index contributed by atoms with van der Waals surface area (Å²) in [7, 11) is 0. The van der Waals surface area contributed by atoms with Crippen molar-refractivity contribution < 1.29 is 14.3 Å². The van der Waals surface area contributed by atoms with E-state index in [9.17, 15) is 9.18 Å². The minimum Gasteiger partial charge on any atom is -0.478 e. The molecule has 0 saturated carbocycles. The highest BCUT2D eigenvalue weighted by Gasteiger charge is 2.14. The Hall–Kier alpha value is -1.72. The molecule has 106 valence electrons. The zero-order valence-electron chi connectivity index (χ0n) is 11.2. The molecule has 1 heterocycles. The molecule has 1 aromatic carbocycles. The maximum absolute atomic E-state index is 13.3. The molecule has 0 aliphatic rings. The molecule has 0 unspecified atom stereocenters. The van der Waals surface area contributed by atoms with E-state index in [0.717, 1.165) is 13.1 Å². The van der Waals surface area contributed by atoms with E-state index >= 15 is 0 Å². The summed E-state index contributed by atoms with van der Waals surface area (Å²) < 4.78 is 13.3. The van der Waals surface area contributed by atoms with Crippen LogP contribution in [0.4, 0.5) is 4.39 Å². The van der Waals surface area contributed by atoms with Crippen LogP contribution in [-0.2, 0) is 13.1 Å². The maximum Gasteiger partial charge on any atom is 0.336 e. The quantitative estimate of drug-likeness (QED) is 0.884. The van der Waals surface area contributed by atoms with Gasteiger partial charge in [0.05, 0.1) is 5.56 Å². The van der Waals surface area contributed by atoms with Crippen molar-refractivity contribution in [1.29, 1.82) is 0 Å². The number of hydrogen-bond donors (Lipinski definition) is 1. The second kappa shape index (κ2) is 6.63. The molecule has 3 nitrogen and oxygen atoms in total. The lowest BCUT2D eigenvalue weighted by molar-refractivity contribution is 0.0694. The fraction of sp³-hybridized carbons (Fsp3) is 0.267. The van der Waals surface area contributed by atoms with Gasteiger partial charge in [-0.15, -0.1) is 11.3 Å². The van der Waals surface area contributed by atoms with Crippen LogP contribution in [0, 0.1) is 5.82 Å². The van der Waals surface area contributed by atoms with Crippen LogP contribution < -0.4 is 0 Å². The van der Waals surface area contributed by atoms with Gasteiger partial charge in [0.15, 0.2) is 0 Å². The van der Waals surface area contributed by atoms with Gasteiger partial charge in [-0.05, 0) is 41.8 Å². The van der Waals surface area contributed by atoms with Gasteiger partial charge in [-0.1, -0.05) is 13.0 Å². The van der Waals surface area contributed by atoms with Gasteiger partial charge in [-0.3, -0.25) is 4.90 Å². The maximum atomic E-state index is 13.3. The molecule has 0 atom stereocenters. The van der Waals surface area contributed by atoms with E-state index in [4.69, 9.17) is 5.11 Å². The van der Waals surface area contributed by atoms with Crippen LogP contribution in [0.3, 0.4) is 0 Å². The fourth-order valence-electron chi connectivity index (χ4n) is 2.05. The normalized spacial score (nSPS) is 10.9. The first-order chi connectivity index (χ1) is 9.60. The lowest BCUT2D eigenvalue weighted by Gasteiger charge is -2.20. The highest BCUT2D eigenvalue weighted by molar-refractivity contribution is 7.09. The summed E-state index contributed by atoms with van der Waals surface area (Å²) in [6.07, 6.45) is 0. The smallest absolute Gasteiger partial charge is 0.336 e. The number of benzene rings is 1. The second-order valence-electron chi connectivity index (χ2n) is 4.49.